The molecule has 0 bridgehead atoms. The van der Waals surface area contributed by atoms with Gasteiger partial charge in [-0.1, -0.05) is 29.3 Å². The predicted octanol–water partition coefficient (Wildman–Crippen LogP) is 3.87. The Morgan fingerprint density at radius 2 is 1.93 bits per heavy atom. The van der Waals surface area contributed by atoms with E-state index in [1.165, 1.54) is 25.1 Å². The molecule has 2 saturated heterocycles. The first kappa shape index (κ1) is 21.6. The molecular weight excluding hydrogens is 421 g/mol. The van der Waals surface area contributed by atoms with Gasteiger partial charge in [-0.25, -0.2) is 4.79 Å². The molecule has 2 fully saturated rings. The third-order valence-electron chi connectivity index (χ3n) is 6.05. The van der Waals surface area contributed by atoms with Gasteiger partial charge in [0, 0.05) is 57.2 Å². The van der Waals surface area contributed by atoms with Gasteiger partial charge in [0.25, 0.3) is 0 Å². The van der Waals surface area contributed by atoms with Crippen LogP contribution < -0.4 is 5.32 Å². The second-order valence-corrected chi connectivity index (χ2v) is 9.14. The van der Waals surface area contributed by atoms with Crippen LogP contribution in [0.2, 0.25) is 10.0 Å². The highest BCUT2D eigenvalue weighted by Crippen LogP contribution is 2.25. The molecule has 162 valence electrons. The highest BCUT2D eigenvalue weighted by molar-refractivity contribution is 6.42. The van der Waals surface area contributed by atoms with Crippen molar-refractivity contribution in [2.45, 2.75) is 12.8 Å². The number of halogens is 2. The highest BCUT2D eigenvalue weighted by atomic mass is 35.5. The first-order valence-electron chi connectivity index (χ1n) is 10.7. The van der Waals surface area contributed by atoms with E-state index in [9.17, 15) is 4.79 Å². The van der Waals surface area contributed by atoms with Gasteiger partial charge in [0.05, 0.1) is 16.6 Å². The normalized spacial score (nSPS) is 22.9. The van der Waals surface area contributed by atoms with Crippen LogP contribution in [0.4, 0.5) is 10.5 Å². The molecule has 1 N–H and O–H groups in total. The smallest absolute Gasteiger partial charge is 0.321 e. The van der Waals surface area contributed by atoms with E-state index in [-0.39, 0.29) is 6.03 Å². The molecule has 0 spiro atoms. The number of nitrogens with zero attached hydrogens (tertiary/aromatic N) is 4. The number of piperazine rings is 1. The molecule has 1 aromatic rings. The van der Waals surface area contributed by atoms with E-state index < -0.39 is 0 Å². The lowest BCUT2D eigenvalue weighted by atomic mass is 9.97. The maximum Gasteiger partial charge on any atom is 0.321 e. The fourth-order valence-electron chi connectivity index (χ4n) is 4.46. The van der Waals surface area contributed by atoms with Crippen molar-refractivity contribution in [3.8, 4) is 0 Å². The summed E-state index contributed by atoms with van der Waals surface area (Å²) in [4.78, 5) is 24.0. The van der Waals surface area contributed by atoms with Crippen LogP contribution in [0.15, 0.2) is 35.3 Å². The van der Waals surface area contributed by atoms with Gasteiger partial charge in [0.1, 0.15) is 0 Å². The van der Waals surface area contributed by atoms with Gasteiger partial charge in [0.15, 0.2) is 0 Å². The fraction of sp³-hybridized carbons (Fsp3) is 0.545. The van der Waals surface area contributed by atoms with E-state index in [0.717, 1.165) is 52.4 Å². The summed E-state index contributed by atoms with van der Waals surface area (Å²) in [5, 5.41) is 3.84. The zero-order valence-corrected chi connectivity index (χ0v) is 18.7. The number of carbonyl (C=O) groups excluding carboxylic acids is 1. The number of piperidine rings is 1. The Balaban J connectivity index is 1.20. The molecule has 0 saturated carbocycles. The molecule has 3 heterocycles. The summed E-state index contributed by atoms with van der Waals surface area (Å²) in [6, 6.07) is 5.06. The average Bonchev–Trinajstić information content (AvgIpc) is 3.24. The van der Waals surface area contributed by atoms with Crippen molar-refractivity contribution in [1.82, 2.24) is 14.7 Å². The van der Waals surface area contributed by atoms with Gasteiger partial charge < -0.3 is 10.2 Å². The minimum atomic E-state index is -0.0812. The van der Waals surface area contributed by atoms with Crippen LogP contribution in [-0.2, 0) is 0 Å². The second-order valence-electron chi connectivity index (χ2n) is 8.32. The molecule has 4 rings (SSSR count). The Labute approximate surface area is 188 Å². The Morgan fingerprint density at radius 1 is 1.10 bits per heavy atom. The van der Waals surface area contributed by atoms with Crippen molar-refractivity contribution in [3.05, 3.63) is 40.4 Å². The summed E-state index contributed by atoms with van der Waals surface area (Å²) in [6.45, 7) is 8.57. The predicted molar refractivity (Wildman–Crippen MR) is 124 cm³/mol. The Hall–Kier alpha value is -1.60. The lowest BCUT2D eigenvalue weighted by Gasteiger charge is -2.39. The quantitative estimate of drug-likeness (QED) is 0.741. The molecule has 2 amide bonds. The number of amides is 2. The van der Waals surface area contributed by atoms with E-state index in [1.54, 1.807) is 18.2 Å². The molecule has 0 aromatic heterocycles. The number of hydrogen-bond donors (Lipinski definition) is 1. The van der Waals surface area contributed by atoms with Crippen LogP contribution in [0.25, 0.3) is 0 Å². The number of benzene rings is 1. The molecule has 1 aromatic carbocycles. The van der Waals surface area contributed by atoms with Crippen molar-refractivity contribution in [2.75, 3.05) is 64.2 Å². The number of urea groups is 1. The zero-order chi connectivity index (χ0) is 20.9. The Kier molecular flexibility index (Phi) is 7.31. The highest BCUT2D eigenvalue weighted by Gasteiger charge is 2.26. The molecule has 0 unspecified atom stereocenters. The van der Waals surface area contributed by atoms with Crippen LogP contribution in [0.5, 0.6) is 0 Å². The van der Waals surface area contributed by atoms with Crippen molar-refractivity contribution in [3.63, 3.8) is 0 Å². The number of aliphatic imine (C=N–C) groups is 1. The van der Waals surface area contributed by atoms with Crippen LogP contribution in [0.3, 0.4) is 0 Å². The summed E-state index contributed by atoms with van der Waals surface area (Å²) in [7, 11) is 0. The lowest BCUT2D eigenvalue weighted by molar-refractivity contribution is 0.106. The van der Waals surface area contributed by atoms with Crippen LogP contribution >= 0.6 is 23.2 Å². The number of anilines is 1. The van der Waals surface area contributed by atoms with E-state index in [1.807, 2.05) is 4.90 Å². The van der Waals surface area contributed by atoms with Gasteiger partial charge >= 0.3 is 6.03 Å². The van der Waals surface area contributed by atoms with E-state index >= 15 is 0 Å². The van der Waals surface area contributed by atoms with Crippen molar-refractivity contribution in [1.29, 1.82) is 0 Å². The van der Waals surface area contributed by atoms with Crippen LogP contribution in [-0.4, -0.2) is 85.3 Å². The lowest BCUT2D eigenvalue weighted by Crippen LogP contribution is -2.52. The minimum absolute atomic E-state index is 0.0812. The van der Waals surface area contributed by atoms with Gasteiger partial charge in [0.2, 0.25) is 0 Å². The average molecular weight is 450 g/mol. The van der Waals surface area contributed by atoms with E-state index in [2.05, 4.69) is 32.3 Å². The number of hydrogen-bond acceptors (Lipinski definition) is 4. The first-order chi connectivity index (χ1) is 14.6. The topological polar surface area (TPSA) is 51.2 Å². The molecule has 1 atom stereocenters. The van der Waals surface area contributed by atoms with Crippen LogP contribution in [0.1, 0.15) is 12.8 Å². The molecular formula is C22H29Cl2N5O. The fourth-order valence-corrected chi connectivity index (χ4v) is 4.76. The summed E-state index contributed by atoms with van der Waals surface area (Å²) in [6.07, 6.45) is 6.84. The summed E-state index contributed by atoms with van der Waals surface area (Å²) in [5.74, 6) is 0.696. The van der Waals surface area contributed by atoms with Crippen molar-refractivity contribution < 1.29 is 4.79 Å². The van der Waals surface area contributed by atoms with Crippen molar-refractivity contribution in [2.24, 2.45) is 10.9 Å². The molecule has 6 nitrogen and oxygen atoms in total. The number of likely N-dealkylation sites (tertiary alicyclic amines) is 1. The molecule has 0 aliphatic carbocycles. The monoisotopic (exact) mass is 449 g/mol. The maximum atomic E-state index is 12.6. The largest absolute Gasteiger partial charge is 0.322 e. The minimum Gasteiger partial charge on any atom is -0.322 e. The van der Waals surface area contributed by atoms with Gasteiger partial charge in [-0.3, -0.25) is 14.8 Å². The van der Waals surface area contributed by atoms with Crippen LogP contribution in [0, 0.1) is 5.92 Å². The Morgan fingerprint density at radius 3 is 2.67 bits per heavy atom. The number of carbonyl (C=O) groups is 1. The van der Waals surface area contributed by atoms with E-state index in [4.69, 9.17) is 23.2 Å². The summed E-state index contributed by atoms with van der Waals surface area (Å²) >= 11 is 12.0. The first-order valence-corrected chi connectivity index (χ1v) is 11.5. The molecule has 30 heavy (non-hydrogen) atoms. The third-order valence-corrected chi connectivity index (χ3v) is 6.78. The SMILES string of the molecule is O=C(Nc1ccc(Cl)c(Cl)c1)N1CCN(C[C@@H]2CCCN(CC3=NCC=C3)C2)CC1. The number of rotatable bonds is 5. The van der Waals surface area contributed by atoms with E-state index in [0.29, 0.717) is 21.7 Å². The molecule has 0 radical (unpaired) electrons. The van der Waals surface area contributed by atoms with Gasteiger partial charge in [-0.15, -0.1) is 0 Å². The zero-order valence-electron chi connectivity index (χ0n) is 17.2. The summed E-state index contributed by atoms with van der Waals surface area (Å²) in [5.41, 5.74) is 1.89. The van der Waals surface area contributed by atoms with Gasteiger partial charge in [-0.05, 0) is 49.6 Å². The van der Waals surface area contributed by atoms with Crippen molar-refractivity contribution >= 4 is 40.6 Å². The van der Waals surface area contributed by atoms with Gasteiger partial charge in [-0.2, -0.15) is 0 Å². The summed E-state index contributed by atoms with van der Waals surface area (Å²) < 4.78 is 0. The molecule has 8 heteroatoms. The molecule has 3 aliphatic heterocycles. The number of nitrogens with one attached hydrogen (secondary N) is 1. The maximum absolute atomic E-state index is 12.6. The Bertz CT molecular complexity index is 820. The second kappa shape index (κ2) is 10.1. The molecule has 3 aliphatic rings. The third kappa shape index (κ3) is 5.76. The standard InChI is InChI=1S/C22H29Cl2N5O/c23-20-6-5-18(13-21(20)24)26-22(30)29-11-9-27(10-12-29)14-17-3-2-8-28(15-17)16-19-4-1-7-25-19/h1,4-6,13,17H,2-3,7-12,14-16H2,(H,26,30)/t17-/m0/s1.